The maximum Gasteiger partial charge on any atom is 0.255 e. The van der Waals surface area contributed by atoms with Gasteiger partial charge in [0.15, 0.2) is 5.82 Å². The average molecular weight is 378 g/mol. The molecule has 1 atom stereocenters. The molecule has 0 saturated carbocycles. The first-order chi connectivity index (χ1) is 13.7. The Hall–Kier alpha value is -3.06. The Morgan fingerprint density at radius 3 is 2.96 bits per heavy atom. The lowest BCUT2D eigenvalue weighted by Gasteiger charge is -2.07. The zero-order valence-electron chi connectivity index (χ0n) is 15.7. The third kappa shape index (κ3) is 4.26. The zero-order chi connectivity index (χ0) is 19.3. The molecule has 1 saturated heterocycles. The van der Waals surface area contributed by atoms with Gasteiger partial charge >= 0.3 is 0 Å². The van der Waals surface area contributed by atoms with E-state index in [1.807, 2.05) is 43.5 Å². The lowest BCUT2D eigenvalue weighted by molar-refractivity contribution is 0.0835. The fraction of sp³-hybridized carbons (Fsp3) is 0.333. The standard InChI is InChI=1S/C21H22N4O3/c1-14-7-8-17(13-23-14)15-4-2-5-16(12-15)20(26)22-10-9-19-24-21(28-25-19)18-6-3-11-27-18/h2,4-5,7-8,12-13,18H,3,6,9-11H2,1H3,(H,22,26)/t18-/m0/s1. The van der Waals surface area contributed by atoms with E-state index in [2.05, 4.69) is 20.4 Å². The van der Waals surface area contributed by atoms with E-state index in [1.165, 1.54) is 0 Å². The topological polar surface area (TPSA) is 90.1 Å². The SMILES string of the molecule is Cc1ccc(-c2cccc(C(=O)NCCc3noc([C@@H]4CCCO4)n3)c2)cn1. The molecule has 2 aromatic heterocycles. The van der Waals surface area contributed by atoms with Gasteiger partial charge in [0, 0.05) is 42.6 Å². The summed E-state index contributed by atoms with van der Waals surface area (Å²) in [5.74, 6) is 0.966. The van der Waals surface area contributed by atoms with Gasteiger partial charge in [-0.15, -0.1) is 0 Å². The summed E-state index contributed by atoms with van der Waals surface area (Å²) < 4.78 is 10.8. The minimum absolute atomic E-state index is 0.0881. The van der Waals surface area contributed by atoms with Crippen LogP contribution in [0.25, 0.3) is 11.1 Å². The summed E-state index contributed by atoms with van der Waals surface area (Å²) in [4.78, 5) is 21.1. The number of amides is 1. The molecule has 0 aliphatic carbocycles. The van der Waals surface area contributed by atoms with Crippen molar-refractivity contribution in [3.63, 3.8) is 0 Å². The van der Waals surface area contributed by atoms with Crippen LogP contribution in [0, 0.1) is 6.92 Å². The molecular formula is C21H22N4O3. The highest BCUT2D eigenvalue weighted by Crippen LogP contribution is 2.26. The van der Waals surface area contributed by atoms with Gasteiger partial charge in [0.05, 0.1) is 0 Å². The summed E-state index contributed by atoms with van der Waals surface area (Å²) in [7, 11) is 0. The van der Waals surface area contributed by atoms with Gasteiger partial charge in [0.25, 0.3) is 11.8 Å². The van der Waals surface area contributed by atoms with Crippen molar-refractivity contribution in [2.45, 2.75) is 32.3 Å². The predicted molar refractivity (Wildman–Crippen MR) is 103 cm³/mol. The van der Waals surface area contributed by atoms with Crippen molar-refractivity contribution in [3.05, 3.63) is 65.6 Å². The minimum Gasteiger partial charge on any atom is -0.368 e. The van der Waals surface area contributed by atoms with E-state index in [9.17, 15) is 4.79 Å². The fourth-order valence-corrected chi connectivity index (χ4v) is 3.14. The third-order valence-electron chi connectivity index (χ3n) is 4.69. The number of aryl methyl sites for hydroxylation is 1. The normalized spacial score (nSPS) is 16.2. The van der Waals surface area contributed by atoms with E-state index in [0.717, 1.165) is 36.3 Å². The number of carbonyl (C=O) groups is 1. The molecule has 1 amide bonds. The van der Waals surface area contributed by atoms with Crippen LogP contribution < -0.4 is 5.32 Å². The third-order valence-corrected chi connectivity index (χ3v) is 4.69. The van der Waals surface area contributed by atoms with Gasteiger partial charge in [0.2, 0.25) is 0 Å². The van der Waals surface area contributed by atoms with E-state index in [-0.39, 0.29) is 12.0 Å². The maximum atomic E-state index is 12.5. The second-order valence-corrected chi connectivity index (χ2v) is 6.83. The molecule has 1 aromatic carbocycles. The highest BCUT2D eigenvalue weighted by molar-refractivity contribution is 5.95. The number of aromatic nitrogens is 3. The lowest BCUT2D eigenvalue weighted by Crippen LogP contribution is -2.26. The lowest BCUT2D eigenvalue weighted by atomic mass is 10.0. The van der Waals surface area contributed by atoms with Gasteiger partial charge < -0.3 is 14.6 Å². The van der Waals surface area contributed by atoms with Crippen LogP contribution in [0.15, 0.2) is 47.1 Å². The van der Waals surface area contributed by atoms with Crippen molar-refractivity contribution in [2.75, 3.05) is 13.2 Å². The zero-order valence-corrected chi connectivity index (χ0v) is 15.7. The summed E-state index contributed by atoms with van der Waals surface area (Å²) in [5.41, 5.74) is 3.50. The van der Waals surface area contributed by atoms with Crippen LogP contribution in [0.3, 0.4) is 0 Å². The molecule has 1 aliphatic heterocycles. The number of pyridine rings is 1. The number of hydrogen-bond acceptors (Lipinski definition) is 6. The maximum absolute atomic E-state index is 12.5. The Kier molecular flexibility index (Phi) is 5.43. The van der Waals surface area contributed by atoms with Crippen molar-refractivity contribution >= 4 is 5.91 Å². The molecule has 28 heavy (non-hydrogen) atoms. The molecule has 144 valence electrons. The van der Waals surface area contributed by atoms with Crippen LogP contribution in [0.5, 0.6) is 0 Å². The van der Waals surface area contributed by atoms with Crippen molar-refractivity contribution in [1.82, 2.24) is 20.4 Å². The monoisotopic (exact) mass is 378 g/mol. The van der Waals surface area contributed by atoms with Gasteiger partial charge in [-0.2, -0.15) is 4.98 Å². The van der Waals surface area contributed by atoms with Crippen LogP contribution in [-0.2, 0) is 11.2 Å². The van der Waals surface area contributed by atoms with Crippen LogP contribution in [0.2, 0.25) is 0 Å². The average Bonchev–Trinajstić information content (AvgIpc) is 3.40. The summed E-state index contributed by atoms with van der Waals surface area (Å²) in [6, 6.07) is 11.5. The van der Waals surface area contributed by atoms with Crippen LogP contribution in [0.4, 0.5) is 0 Å². The largest absolute Gasteiger partial charge is 0.368 e. The minimum atomic E-state index is -0.134. The van der Waals surface area contributed by atoms with Crippen LogP contribution >= 0.6 is 0 Å². The number of rotatable bonds is 6. The molecule has 0 unspecified atom stereocenters. The summed E-state index contributed by atoms with van der Waals surface area (Å²) in [6.07, 6.45) is 4.15. The van der Waals surface area contributed by atoms with E-state index in [1.54, 1.807) is 6.07 Å². The molecule has 7 heteroatoms. The number of ether oxygens (including phenoxy) is 1. The molecule has 1 N–H and O–H groups in total. The number of carbonyl (C=O) groups excluding carboxylic acids is 1. The second kappa shape index (κ2) is 8.31. The van der Waals surface area contributed by atoms with E-state index in [0.29, 0.717) is 30.2 Å². The molecule has 4 rings (SSSR count). The number of hydrogen-bond donors (Lipinski definition) is 1. The molecular weight excluding hydrogens is 356 g/mol. The molecule has 0 spiro atoms. The van der Waals surface area contributed by atoms with Crippen LogP contribution in [0.1, 0.15) is 46.7 Å². The molecule has 3 aromatic rings. The molecule has 0 radical (unpaired) electrons. The smallest absolute Gasteiger partial charge is 0.255 e. The van der Waals surface area contributed by atoms with Crippen molar-refractivity contribution in [3.8, 4) is 11.1 Å². The quantitative estimate of drug-likeness (QED) is 0.708. The van der Waals surface area contributed by atoms with E-state index >= 15 is 0 Å². The summed E-state index contributed by atoms with van der Waals surface area (Å²) in [6.45, 7) is 3.11. The van der Waals surface area contributed by atoms with Gasteiger partial charge in [-0.25, -0.2) is 0 Å². The Labute approximate surface area is 163 Å². The summed E-state index contributed by atoms with van der Waals surface area (Å²) >= 11 is 0. The van der Waals surface area contributed by atoms with Crippen LogP contribution in [-0.4, -0.2) is 34.2 Å². The van der Waals surface area contributed by atoms with Gasteiger partial charge in [0.1, 0.15) is 6.10 Å². The van der Waals surface area contributed by atoms with E-state index in [4.69, 9.17) is 9.26 Å². The van der Waals surface area contributed by atoms with Gasteiger partial charge in [-0.1, -0.05) is 23.4 Å². The summed E-state index contributed by atoms with van der Waals surface area (Å²) in [5, 5.41) is 6.87. The highest BCUT2D eigenvalue weighted by atomic mass is 16.5. The fourth-order valence-electron chi connectivity index (χ4n) is 3.14. The first-order valence-electron chi connectivity index (χ1n) is 9.44. The number of benzene rings is 1. The van der Waals surface area contributed by atoms with Gasteiger partial charge in [-0.05, 0) is 43.5 Å². The second-order valence-electron chi connectivity index (χ2n) is 6.83. The van der Waals surface area contributed by atoms with Crippen molar-refractivity contribution in [2.24, 2.45) is 0 Å². The Bertz CT molecular complexity index is 946. The first-order valence-corrected chi connectivity index (χ1v) is 9.44. The first kappa shape index (κ1) is 18.3. The molecule has 1 fully saturated rings. The molecule has 1 aliphatic rings. The van der Waals surface area contributed by atoms with Gasteiger partial charge in [-0.3, -0.25) is 9.78 Å². The van der Waals surface area contributed by atoms with Crippen molar-refractivity contribution in [1.29, 1.82) is 0 Å². The Morgan fingerprint density at radius 1 is 1.25 bits per heavy atom. The van der Waals surface area contributed by atoms with E-state index < -0.39 is 0 Å². The predicted octanol–water partition coefficient (Wildman–Crippen LogP) is 3.26. The number of nitrogens with one attached hydrogen (secondary N) is 1. The molecule has 3 heterocycles. The molecule has 0 bridgehead atoms. The highest BCUT2D eigenvalue weighted by Gasteiger charge is 2.23. The Morgan fingerprint density at radius 2 is 2.18 bits per heavy atom. The molecule has 7 nitrogen and oxygen atoms in total. The Balaban J connectivity index is 1.34. The van der Waals surface area contributed by atoms with Crippen molar-refractivity contribution < 1.29 is 14.1 Å². The number of nitrogens with zero attached hydrogens (tertiary/aromatic N) is 3.